The van der Waals surface area contributed by atoms with Crippen LogP contribution < -0.4 is 9.80 Å². The number of pyridine rings is 1. The van der Waals surface area contributed by atoms with Crippen LogP contribution in [0.25, 0.3) is 0 Å². The second-order valence-electron chi connectivity index (χ2n) is 7.74. The van der Waals surface area contributed by atoms with Crippen LogP contribution in [0.2, 0.25) is 0 Å². The maximum Gasteiger partial charge on any atom is 0.417 e. The van der Waals surface area contributed by atoms with Gasteiger partial charge in [-0.15, -0.1) is 11.8 Å². The monoisotopic (exact) mass is 464 g/mol. The van der Waals surface area contributed by atoms with E-state index in [1.54, 1.807) is 34.6 Å². The van der Waals surface area contributed by atoms with E-state index in [0.717, 1.165) is 17.5 Å². The van der Waals surface area contributed by atoms with Crippen molar-refractivity contribution in [2.24, 2.45) is 0 Å². The molecule has 1 aromatic heterocycles. The molecule has 1 amide bonds. The van der Waals surface area contributed by atoms with Crippen LogP contribution in [0.5, 0.6) is 0 Å². The molecule has 0 aliphatic carbocycles. The number of halogens is 3. The van der Waals surface area contributed by atoms with Crippen LogP contribution in [0.1, 0.15) is 43.2 Å². The molecule has 0 unspecified atom stereocenters. The highest BCUT2D eigenvalue weighted by Gasteiger charge is 2.36. The largest absolute Gasteiger partial charge is 0.417 e. The Balaban J connectivity index is 0.000000235. The van der Waals surface area contributed by atoms with Gasteiger partial charge in [-0.2, -0.15) is 18.4 Å². The summed E-state index contributed by atoms with van der Waals surface area (Å²) >= 11 is 1.61. The Morgan fingerprint density at radius 1 is 1.28 bits per heavy atom. The zero-order valence-corrected chi connectivity index (χ0v) is 19.6. The first-order valence-electron chi connectivity index (χ1n) is 10.1. The van der Waals surface area contributed by atoms with Gasteiger partial charge in [0.2, 0.25) is 5.91 Å². The highest BCUT2D eigenvalue weighted by Crippen LogP contribution is 2.36. The molecule has 1 aromatic carbocycles. The van der Waals surface area contributed by atoms with Crippen molar-refractivity contribution in [1.82, 2.24) is 4.98 Å². The van der Waals surface area contributed by atoms with Crippen LogP contribution in [-0.2, 0) is 11.0 Å². The molecular weight excluding hydrogens is 437 g/mol. The van der Waals surface area contributed by atoms with Crippen molar-refractivity contribution in [3.05, 3.63) is 52.7 Å². The van der Waals surface area contributed by atoms with E-state index < -0.39 is 11.7 Å². The molecule has 9 heteroatoms. The molecule has 0 radical (unpaired) electrons. The van der Waals surface area contributed by atoms with Crippen LogP contribution >= 0.6 is 11.8 Å². The van der Waals surface area contributed by atoms with Gasteiger partial charge in [0, 0.05) is 36.6 Å². The first-order chi connectivity index (χ1) is 15.0. The van der Waals surface area contributed by atoms with E-state index in [1.165, 1.54) is 12.5 Å². The molecule has 1 aliphatic heterocycles. The molecule has 32 heavy (non-hydrogen) atoms. The van der Waals surface area contributed by atoms with Gasteiger partial charge in [0.25, 0.3) is 0 Å². The molecule has 5 nitrogen and oxygen atoms in total. The molecular formula is C23H27F3N4OS. The molecule has 0 bridgehead atoms. The van der Waals surface area contributed by atoms with Crippen molar-refractivity contribution in [3.63, 3.8) is 0 Å². The van der Waals surface area contributed by atoms with E-state index in [-0.39, 0.29) is 29.0 Å². The number of anilines is 2. The van der Waals surface area contributed by atoms with Crippen molar-refractivity contribution in [1.29, 1.82) is 5.26 Å². The summed E-state index contributed by atoms with van der Waals surface area (Å²) in [6.07, 6.45) is -4.53. The number of benzene rings is 1. The third kappa shape index (κ3) is 6.39. The fraction of sp³-hybridized carbons (Fsp3) is 0.435. The Hall–Kier alpha value is -2.73. The highest BCUT2D eigenvalue weighted by molar-refractivity contribution is 7.99. The molecule has 1 aliphatic rings. The van der Waals surface area contributed by atoms with Crippen molar-refractivity contribution < 1.29 is 18.0 Å². The standard InChI is InChI=1S/C12H17NO.C11H10F3N3S/c1-9(2)13(11(4)14)12-7-5-6-10(3)8-12;1-7-4-9(11(12,13)14)8(5-15)10(16-7)17-2-3-18-6-17/h5-9H,1-4H3;4H,2-3,6H2,1H3. The number of nitriles is 1. The molecule has 0 spiro atoms. The lowest BCUT2D eigenvalue weighted by Crippen LogP contribution is -2.35. The second kappa shape index (κ2) is 10.7. The van der Waals surface area contributed by atoms with Crippen molar-refractivity contribution in [2.75, 3.05) is 28.0 Å². The topological polar surface area (TPSA) is 60.2 Å². The van der Waals surface area contributed by atoms with Gasteiger partial charge in [-0.25, -0.2) is 4.98 Å². The van der Waals surface area contributed by atoms with Crippen LogP contribution in [0.15, 0.2) is 30.3 Å². The summed E-state index contributed by atoms with van der Waals surface area (Å²) in [7, 11) is 0. The molecule has 3 rings (SSSR count). The summed E-state index contributed by atoms with van der Waals surface area (Å²) < 4.78 is 38.6. The van der Waals surface area contributed by atoms with Gasteiger partial charge in [-0.3, -0.25) is 4.79 Å². The zero-order valence-electron chi connectivity index (χ0n) is 18.8. The Morgan fingerprint density at radius 2 is 1.97 bits per heavy atom. The SMILES string of the molecule is CC(=O)N(c1cccc(C)c1)C(C)C.Cc1cc(C(F)(F)F)c(C#N)c(N2CCSC2)n1. The van der Waals surface area contributed by atoms with Gasteiger partial charge in [-0.1, -0.05) is 12.1 Å². The maximum atomic E-state index is 12.9. The van der Waals surface area contributed by atoms with E-state index in [4.69, 9.17) is 5.26 Å². The summed E-state index contributed by atoms with van der Waals surface area (Å²) in [6, 6.07) is 10.8. The minimum absolute atomic E-state index is 0.0885. The number of hydrogen-bond donors (Lipinski definition) is 0. The number of hydrogen-bond acceptors (Lipinski definition) is 5. The predicted octanol–water partition coefficient (Wildman–Crippen LogP) is 5.55. The number of carbonyl (C=O) groups is 1. The number of carbonyl (C=O) groups excluding carboxylic acids is 1. The summed E-state index contributed by atoms with van der Waals surface area (Å²) in [6.45, 7) is 9.79. The van der Waals surface area contributed by atoms with Crippen LogP contribution in [-0.4, -0.2) is 35.1 Å². The maximum absolute atomic E-state index is 12.9. The van der Waals surface area contributed by atoms with E-state index >= 15 is 0 Å². The lowest BCUT2D eigenvalue weighted by Gasteiger charge is -2.25. The van der Waals surface area contributed by atoms with E-state index in [0.29, 0.717) is 12.4 Å². The number of nitrogens with zero attached hydrogens (tertiary/aromatic N) is 4. The number of aryl methyl sites for hydroxylation is 2. The van der Waals surface area contributed by atoms with Gasteiger partial charge >= 0.3 is 6.18 Å². The number of amides is 1. The number of thioether (sulfide) groups is 1. The first kappa shape index (κ1) is 25.5. The second-order valence-corrected chi connectivity index (χ2v) is 8.82. The number of aromatic nitrogens is 1. The van der Waals surface area contributed by atoms with Gasteiger partial charge in [-0.05, 0) is 51.5 Å². The predicted molar refractivity (Wildman–Crippen MR) is 123 cm³/mol. The van der Waals surface area contributed by atoms with Crippen molar-refractivity contribution in [2.45, 2.75) is 46.8 Å². The molecule has 2 heterocycles. The summed E-state index contributed by atoms with van der Waals surface area (Å²) in [4.78, 5) is 19.0. The molecule has 2 aromatic rings. The molecule has 172 valence electrons. The summed E-state index contributed by atoms with van der Waals surface area (Å²) in [5, 5.41) is 8.99. The van der Waals surface area contributed by atoms with E-state index in [9.17, 15) is 18.0 Å². The Kier molecular flexibility index (Phi) is 8.56. The van der Waals surface area contributed by atoms with Crippen LogP contribution in [0, 0.1) is 25.2 Å². The van der Waals surface area contributed by atoms with Gasteiger partial charge in [0.05, 0.1) is 11.4 Å². The van der Waals surface area contributed by atoms with Crippen LogP contribution in [0.3, 0.4) is 0 Å². The first-order valence-corrected chi connectivity index (χ1v) is 11.3. The number of alkyl halides is 3. The van der Waals surface area contributed by atoms with Crippen LogP contribution in [0.4, 0.5) is 24.7 Å². The molecule has 0 N–H and O–H groups in total. The quantitative estimate of drug-likeness (QED) is 0.596. The lowest BCUT2D eigenvalue weighted by molar-refractivity contribution is -0.137. The summed E-state index contributed by atoms with van der Waals surface area (Å²) in [5.41, 5.74) is 1.15. The van der Waals surface area contributed by atoms with E-state index in [2.05, 4.69) is 4.98 Å². The normalized spacial score (nSPS) is 13.4. The smallest absolute Gasteiger partial charge is 0.345 e. The third-order valence-corrected chi connectivity index (χ3v) is 5.70. The average Bonchev–Trinajstić information content (AvgIpc) is 3.21. The Labute approximate surface area is 191 Å². The lowest BCUT2D eigenvalue weighted by atomic mass is 10.1. The van der Waals surface area contributed by atoms with Gasteiger partial charge in [0.1, 0.15) is 17.5 Å². The Morgan fingerprint density at radius 3 is 2.44 bits per heavy atom. The zero-order chi connectivity index (χ0) is 24.1. The molecule has 0 saturated carbocycles. The summed E-state index contributed by atoms with van der Waals surface area (Å²) in [5.74, 6) is 1.64. The van der Waals surface area contributed by atoms with E-state index in [1.807, 2.05) is 45.0 Å². The molecule has 0 atom stereocenters. The fourth-order valence-corrected chi connectivity index (χ4v) is 4.37. The molecule has 1 saturated heterocycles. The number of rotatable bonds is 3. The Bertz CT molecular complexity index is 996. The fourth-order valence-electron chi connectivity index (χ4n) is 3.42. The van der Waals surface area contributed by atoms with Crippen molar-refractivity contribution >= 4 is 29.2 Å². The van der Waals surface area contributed by atoms with Crippen molar-refractivity contribution in [3.8, 4) is 6.07 Å². The average molecular weight is 465 g/mol. The highest BCUT2D eigenvalue weighted by atomic mass is 32.2. The minimum atomic E-state index is -4.53. The van der Waals surface area contributed by atoms with Gasteiger partial charge in [0.15, 0.2) is 0 Å². The van der Waals surface area contributed by atoms with Gasteiger partial charge < -0.3 is 9.80 Å². The third-order valence-electron chi connectivity index (χ3n) is 4.73. The minimum Gasteiger partial charge on any atom is -0.345 e. The molecule has 1 fully saturated rings.